The Labute approximate surface area is 115 Å². The van der Waals surface area contributed by atoms with E-state index >= 15 is 0 Å². The van der Waals surface area contributed by atoms with Gasteiger partial charge in [0.15, 0.2) is 0 Å². The van der Waals surface area contributed by atoms with Crippen molar-refractivity contribution in [2.75, 3.05) is 20.6 Å². The van der Waals surface area contributed by atoms with Gasteiger partial charge in [0.25, 0.3) is 0 Å². The molecule has 0 saturated carbocycles. The number of rotatable bonds is 4. The molecule has 1 heterocycles. The molecule has 18 heavy (non-hydrogen) atoms. The van der Waals surface area contributed by atoms with Crippen LogP contribution in [0.2, 0.25) is 0 Å². The van der Waals surface area contributed by atoms with Crippen LogP contribution in [0.15, 0.2) is 0 Å². The third-order valence-corrected chi connectivity index (χ3v) is 2.93. The maximum Gasteiger partial charge on any atom is 0.0625 e. The Hall–Kier alpha value is -0.590. The third kappa shape index (κ3) is 8.49. The van der Waals surface area contributed by atoms with Crippen LogP contribution >= 0.6 is 0 Å². The Morgan fingerprint density at radius 1 is 1.22 bits per heavy atom. The Morgan fingerprint density at radius 3 is 2.11 bits per heavy atom. The van der Waals surface area contributed by atoms with Gasteiger partial charge in [-0.05, 0) is 39.8 Å². The van der Waals surface area contributed by atoms with Crippen LogP contribution in [0.25, 0.3) is 0 Å². The highest BCUT2D eigenvalue weighted by atomic mass is 15.1. The molecule has 3 nitrogen and oxygen atoms in total. The Bertz CT molecular complexity index is 208. The van der Waals surface area contributed by atoms with Crippen molar-refractivity contribution < 1.29 is 0 Å². The molecule has 1 N–H and O–H groups in total. The van der Waals surface area contributed by atoms with Crippen molar-refractivity contribution in [3.05, 3.63) is 0 Å². The first-order valence-electron chi connectivity index (χ1n) is 7.41. The predicted molar refractivity (Wildman–Crippen MR) is 80.6 cm³/mol. The van der Waals surface area contributed by atoms with Crippen molar-refractivity contribution in [2.24, 2.45) is 5.92 Å². The molecule has 3 heteroatoms. The molecular weight excluding hydrogens is 222 g/mol. The minimum absolute atomic E-state index is 0.486. The lowest BCUT2D eigenvalue weighted by atomic mass is 9.95. The topological polar surface area (TPSA) is 39.1 Å². The highest BCUT2D eigenvalue weighted by molar-refractivity contribution is 4.91. The summed E-state index contributed by atoms with van der Waals surface area (Å²) in [6.07, 6.45) is 3.14. The van der Waals surface area contributed by atoms with Crippen LogP contribution in [0.4, 0.5) is 0 Å². The van der Waals surface area contributed by atoms with Gasteiger partial charge in [-0.25, -0.2) is 0 Å². The Balaban J connectivity index is 0. The normalized spacial score (nSPS) is 23.3. The molecule has 1 aliphatic heterocycles. The number of nitrogens with zero attached hydrogens (tertiary/aromatic N) is 2. The van der Waals surface area contributed by atoms with Gasteiger partial charge in [0.2, 0.25) is 0 Å². The molecule has 0 aromatic carbocycles. The van der Waals surface area contributed by atoms with Gasteiger partial charge in [0.05, 0.1) is 6.07 Å². The summed E-state index contributed by atoms with van der Waals surface area (Å²) in [5, 5.41) is 12.3. The maximum absolute atomic E-state index is 8.78. The molecule has 1 aliphatic rings. The summed E-state index contributed by atoms with van der Waals surface area (Å²) >= 11 is 0. The minimum Gasteiger partial charge on any atom is -0.311 e. The highest BCUT2D eigenvalue weighted by Gasteiger charge is 2.27. The molecule has 3 atom stereocenters. The maximum atomic E-state index is 8.78. The highest BCUT2D eigenvalue weighted by Crippen LogP contribution is 2.21. The molecule has 0 spiro atoms. The van der Waals surface area contributed by atoms with Crippen molar-refractivity contribution in [3.8, 4) is 6.07 Å². The van der Waals surface area contributed by atoms with E-state index in [1.165, 1.54) is 12.8 Å². The van der Waals surface area contributed by atoms with E-state index in [4.69, 9.17) is 5.26 Å². The summed E-state index contributed by atoms with van der Waals surface area (Å²) in [5.74, 6) is 0.486. The van der Waals surface area contributed by atoms with E-state index in [1.807, 2.05) is 27.7 Å². The fourth-order valence-electron chi connectivity index (χ4n) is 2.25. The lowest BCUT2D eigenvalue weighted by Crippen LogP contribution is -2.38. The van der Waals surface area contributed by atoms with Crippen LogP contribution in [0.3, 0.4) is 0 Å². The van der Waals surface area contributed by atoms with Crippen LogP contribution in [-0.2, 0) is 0 Å². The minimum atomic E-state index is 0.486. The van der Waals surface area contributed by atoms with E-state index in [9.17, 15) is 0 Å². The molecule has 1 fully saturated rings. The monoisotopic (exact) mass is 255 g/mol. The largest absolute Gasteiger partial charge is 0.311 e. The second-order valence-electron chi connectivity index (χ2n) is 4.64. The quantitative estimate of drug-likeness (QED) is 0.838. The first-order chi connectivity index (χ1) is 8.63. The lowest BCUT2D eigenvalue weighted by Gasteiger charge is -2.25. The first kappa shape index (κ1) is 19.7. The van der Waals surface area contributed by atoms with E-state index in [-0.39, 0.29) is 0 Å². The molecule has 0 aromatic heterocycles. The Kier molecular flexibility index (Phi) is 14.1. The molecule has 0 radical (unpaired) electrons. The SMILES string of the molecule is CC.CC.CC1CCC(C(CC#N)CN(C)C)N1. The third-order valence-electron chi connectivity index (χ3n) is 2.93. The van der Waals surface area contributed by atoms with Crippen molar-refractivity contribution in [3.63, 3.8) is 0 Å². The number of nitrogens with one attached hydrogen (secondary N) is 1. The molecule has 108 valence electrons. The van der Waals surface area contributed by atoms with Gasteiger partial charge in [0.1, 0.15) is 0 Å². The second-order valence-corrected chi connectivity index (χ2v) is 4.64. The van der Waals surface area contributed by atoms with Crippen LogP contribution < -0.4 is 5.32 Å². The van der Waals surface area contributed by atoms with Crippen LogP contribution in [0, 0.1) is 17.2 Å². The second kappa shape index (κ2) is 12.9. The van der Waals surface area contributed by atoms with Crippen LogP contribution in [0.1, 0.15) is 53.9 Å². The van der Waals surface area contributed by atoms with E-state index in [2.05, 4.69) is 37.3 Å². The van der Waals surface area contributed by atoms with E-state index < -0.39 is 0 Å². The molecule has 0 bridgehead atoms. The molecular formula is C15H33N3. The summed E-state index contributed by atoms with van der Waals surface area (Å²) < 4.78 is 0. The van der Waals surface area contributed by atoms with Crippen molar-refractivity contribution in [2.45, 2.75) is 66.0 Å². The average molecular weight is 255 g/mol. The van der Waals surface area contributed by atoms with Crippen molar-refractivity contribution >= 4 is 0 Å². The zero-order valence-corrected chi connectivity index (χ0v) is 13.5. The van der Waals surface area contributed by atoms with Gasteiger partial charge in [-0.1, -0.05) is 27.7 Å². The smallest absolute Gasteiger partial charge is 0.0625 e. The fourth-order valence-corrected chi connectivity index (χ4v) is 2.25. The van der Waals surface area contributed by atoms with Gasteiger partial charge in [-0.2, -0.15) is 5.26 Å². The van der Waals surface area contributed by atoms with Gasteiger partial charge >= 0.3 is 0 Å². The average Bonchev–Trinajstić information content (AvgIpc) is 2.80. The van der Waals surface area contributed by atoms with Gasteiger partial charge < -0.3 is 10.2 Å². The molecule has 0 aliphatic carbocycles. The lowest BCUT2D eigenvalue weighted by molar-refractivity contribution is 0.276. The van der Waals surface area contributed by atoms with Gasteiger partial charge in [-0.15, -0.1) is 0 Å². The van der Waals surface area contributed by atoms with Crippen LogP contribution in [0.5, 0.6) is 0 Å². The molecule has 0 amide bonds. The first-order valence-corrected chi connectivity index (χ1v) is 7.41. The standard InChI is InChI=1S/C11H21N3.2C2H6/c1-9-4-5-11(13-9)10(6-7-12)8-14(2)3;2*1-2/h9-11,13H,4-6,8H2,1-3H3;2*1-2H3. The summed E-state index contributed by atoms with van der Waals surface area (Å²) in [4.78, 5) is 2.17. The van der Waals surface area contributed by atoms with E-state index in [0.717, 1.165) is 6.54 Å². The Morgan fingerprint density at radius 2 is 1.78 bits per heavy atom. The van der Waals surface area contributed by atoms with Crippen LogP contribution in [-0.4, -0.2) is 37.6 Å². The molecule has 1 rings (SSSR count). The summed E-state index contributed by atoms with van der Waals surface area (Å²) in [6, 6.07) is 3.47. The summed E-state index contributed by atoms with van der Waals surface area (Å²) in [5.41, 5.74) is 0. The predicted octanol–water partition coefficient (Wildman–Crippen LogP) is 3.27. The zero-order chi connectivity index (χ0) is 14.6. The molecule has 1 saturated heterocycles. The summed E-state index contributed by atoms with van der Waals surface area (Å²) in [7, 11) is 4.14. The van der Waals surface area contributed by atoms with Gasteiger partial charge in [0, 0.05) is 25.0 Å². The fraction of sp³-hybridized carbons (Fsp3) is 0.933. The number of hydrogen-bond acceptors (Lipinski definition) is 3. The van der Waals surface area contributed by atoms with Gasteiger partial charge in [-0.3, -0.25) is 0 Å². The van der Waals surface area contributed by atoms with E-state index in [0.29, 0.717) is 24.4 Å². The molecule has 0 aromatic rings. The molecule has 3 unspecified atom stereocenters. The van der Waals surface area contributed by atoms with Crippen molar-refractivity contribution in [1.82, 2.24) is 10.2 Å². The summed E-state index contributed by atoms with van der Waals surface area (Å²) in [6.45, 7) is 11.2. The number of hydrogen-bond donors (Lipinski definition) is 1. The van der Waals surface area contributed by atoms with Crippen molar-refractivity contribution in [1.29, 1.82) is 5.26 Å². The zero-order valence-electron chi connectivity index (χ0n) is 13.5. The number of nitriles is 1. The van der Waals surface area contributed by atoms with E-state index in [1.54, 1.807) is 0 Å².